The fraction of sp³-hybridized carbons (Fsp3) is 0.492. The number of likely N-dealkylation sites (N-methyl/N-ethyl adjacent to an activating group) is 2. The monoisotopic (exact) mass is 1340 g/mol. The SMILES string of the molecule is CO[C@@H]1CN(C)C[C@H]1Oc1nc(N2CCCCC2)c2cccc(Oc3c(Cl)c(F)cc4[nH]ncc34)c2n1.CO[C@@H]1CN(C)C[C@H]1Oc1nc(N2CCN(C(=O)OC(C)(C)C)CC2)c2cccc(Oc3c(Cl)c(F)cc4c3cnn4C3CCCCO3)c2n1.O=CC(F)(F)F. The molecule has 1 amide bonds. The number of para-hydroxylation sites is 2. The van der Waals surface area contributed by atoms with Gasteiger partial charge in [-0.05, 0) is 97.7 Å². The number of carbonyl (C=O) groups is 2. The van der Waals surface area contributed by atoms with Crippen molar-refractivity contribution in [2.24, 2.45) is 0 Å². The Balaban J connectivity index is 0.000000181. The highest BCUT2D eigenvalue weighted by atomic mass is 35.5. The molecule has 0 aliphatic carbocycles. The molecule has 13 rings (SSSR count). The van der Waals surface area contributed by atoms with Crippen molar-refractivity contribution < 1.29 is 69.4 Å². The van der Waals surface area contributed by atoms with Gasteiger partial charge in [-0.15, -0.1) is 0 Å². The molecule has 0 radical (unpaired) electrons. The van der Waals surface area contributed by atoms with Gasteiger partial charge in [0.1, 0.15) is 74.4 Å². The van der Waals surface area contributed by atoms with Crippen LogP contribution in [0.5, 0.6) is 35.0 Å². The molecule has 5 fully saturated rings. The molecule has 498 valence electrons. The minimum atomic E-state index is -4.64. The molecule has 4 aromatic carbocycles. The van der Waals surface area contributed by atoms with Crippen LogP contribution in [0, 0.1) is 11.6 Å². The molecule has 93 heavy (non-hydrogen) atoms. The van der Waals surface area contributed by atoms with Crippen LogP contribution in [0.2, 0.25) is 10.0 Å². The van der Waals surface area contributed by atoms with Crippen LogP contribution in [0.25, 0.3) is 43.6 Å². The number of nitrogens with one attached hydrogen (secondary N) is 1. The van der Waals surface area contributed by atoms with Crippen molar-refractivity contribution in [1.82, 2.24) is 54.6 Å². The van der Waals surface area contributed by atoms with E-state index in [2.05, 4.69) is 34.9 Å². The number of anilines is 2. The lowest BCUT2D eigenvalue weighted by Gasteiger charge is -2.36. The van der Waals surface area contributed by atoms with E-state index < -0.39 is 29.7 Å². The number of nitrogens with zero attached hydrogens (tertiary/aromatic N) is 12. The molecule has 5 aliphatic heterocycles. The van der Waals surface area contributed by atoms with Crippen molar-refractivity contribution in [2.45, 2.75) is 102 Å². The van der Waals surface area contributed by atoms with Gasteiger partial charge in [0.05, 0.1) is 34.2 Å². The molecule has 0 spiro atoms. The molecule has 0 saturated carbocycles. The first kappa shape index (κ1) is 66.7. The van der Waals surface area contributed by atoms with Gasteiger partial charge in [-0.1, -0.05) is 35.3 Å². The molecule has 9 heterocycles. The normalized spacial score (nSPS) is 20.8. The molecular weight excluding hydrogens is 1260 g/mol. The largest absolute Gasteiger partial charge is 0.456 e. The van der Waals surface area contributed by atoms with Gasteiger partial charge < -0.3 is 52.6 Å². The molecule has 1 N–H and O–H groups in total. The first-order chi connectivity index (χ1) is 44.6. The zero-order chi connectivity index (χ0) is 65.9. The number of halogens is 7. The van der Waals surface area contributed by atoms with Gasteiger partial charge in [0.15, 0.2) is 29.2 Å². The summed E-state index contributed by atoms with van der Waals surface area (Å²) in [5.74, 6) is 1.25. The van der Waals surface area contributed by atoms with Crippen LogP contribution in [0.15, 0.2) is 60.9 Å². The van der Waals surface area contributed by atoms with Crippen LogP contribution in [-0.2, 0) is 23.7 Å². The number of hydrogen-bond acceptors (Lipinski definition) is 20. The van der Waals surface area contributed by atoms with Gasteiger partial charge in [-0.25, -0.2) is 18.3 Å². The Labute approximate surface area is 542 Å². The second-order valence-corrected chi connectivity index (χ2v) is 25.1. The Morgan fingerprint density at radius 1 is 0.667 bits per heavy atom. The number of aldehydes is 1. The molecule has 1 unspecified atom stereocenters. The number of rotatable bonds is 13. The van der Waals surface area contributed by atoms with Gasteiger partial charge in [0.25, 0.3) is 0 Å². The summed E-state index contributed by atoms with van der Waals surface area (Å²) in [4.78, 5) is 51.3. The summed E-state index contributed by atoms with van der Waals surface area (Å²) in [6.07, 6.45) is 2.17. The van der Waals surface area contributed by atoms with E-state index in [-0.39, 0.29) is 70.3 Å². The molecule has 30 heteroatoms. The van der Waals surface area contributed by atoms with Gasteiger partial charge in [-0.2, -0.15) is 43.3 Å². The summed E-state index contributed by atoms with van der Waals surface area (Å²) >= 11 is 12.9. The maximum Gasteiger partial charge on any atom is 0.446 e. The van der Waals surface area contributed by atoms with E-state index >= 15 is 4.39 Å². The summed E-state index contributed by atoms with van der Waals surface area (Å²) in [7, 11) is 7.38. The molecule has 23 nitrogen and oxygen atoms in total. The number of carbonyl (C=O) groups excluding carboxylic acids is 2. The lowest BCUT2D eigenvalue weighted by Crippen LogP contribution is -2.50. The maximum atomic E-state index is 15.4. The second-order valence-electron chi connectivity index (χ2n) is 24.3. The fourth-order valence-electron chi connectivity index (χ4n) is 11.9. The number of ether oxygens (including phenoxy) is 8. The van der Waals surface area contributed by atoms with E-state index in [0.717, 1.165) is 62.9 Å². The fourth-order valence-corrected chi connectivity index (χ4v) is 12.3. The molecule has 4 aromatic heterocycles. The number of likely N-dealkylation sites (tertiary alicyclic amines) is 2. The topological polar surface area (TPSA) is 222 Å². The van der Waals surface area contributed by atoms with Gasteiger partial charge in [0, 0.05) is 109 Å². The van der Waals surface area contributed by atoms with Gasteiger partial charge in [-0.3, -0.25) is 19.7 Å². The third kappa shape index (κ3) is 15.3. The molecule has 5 aliphatic rings. The number of hydrogen-bond donors (Lipinski definition) is 1. The number of alkyl halides is 3. The van der Waals surface area contributed by atoms with E-state index in [1.807, 2.05) is 59.1 Å². The predicted molar refractivity (Wildman–Crippen MR) is 337 cm³/mol. The summed E-state index contributed by atoms with van der Waals surface area (Å²) in [5.41, 5.74) is 1.43. The van der Waals surface area contributed by atoms with Crippen LogP contribution in [-0.4, -0.2) is 204 Å². The Morgan fingerprint density at radius 3 is 1.71 bits per heavy atom. The molecule has 0 bridgehead atoms. The van der Waals surface area contributed by atoms with E-state index in [0.29, 0.717) is 108 Å². The van der Waals surface area contributed by atoms with Crippen LogP contribution >= 0.6 is 23.2 Å². The predicted octanol–water partition coefficient (Wildman–Crippen LogP) is 11.6. The van der Waals surface area contributed by atoms with Crippen molar-refractivity contribution in [2.75, 3.05) is 110 Å². The van der Waals surface area contributed by atoms with Crippen molar-refractivity contribution in [1.29, 1.82) is 0 Å². The third-order valence-electron chi connectivity index (χ3n) is 16.4. The van der Waals surface area contributed by atoms with Crippen LogP contribution in [0.1, 0.15) is 65.5 Å². The maximum absolute atomic E-state index is 15.4. The highest BCUT2D eigenvalue weighted by molar-refractivity contribution is 6.34. The number of aromatic nitrogens is 8. The van der Waals surface area contributed by atoms with Crippen LogP contribution in [0.3, 0.4) is 0 Å². The molecular formula is C63H72Cl2F5N13O10. The highest BCUT2D eigenvalue weighted by Crippen LogP contribution is 2.45. The average Bonchev–Trinajstić information content (AvgIpc) is 1.74. The minimum Gasteiger partial charge on any atom is -0.456 e. The van der Waals surface area contributed by atoms with Crippen molar-refractivity contribution in [3.05, 3.63) is 82.6 Å². The zero-order valence-corrected chi connectivity index (χ0v) is 53.9. The summed E-state index contributed by atoms with van der Waals surface area (Å²) < 4.78 is 111. The second kappa shape index (κ2) is 28.5. The van der Waals surface area contributed by atoms with Gasteiger partial charge in [0.2, 0.25) is 6.29 Å². The standard InChI is InChI=1S/C35H43ClFN7O6.C26H28ClFN6O3.C2HF3O/c1-35(2,3)50-34(45)43-14-12-42(13-15-43)32-21-9-8-10-25(30(21)39-33(40-32)49-27-20-41(4)19-26(27)46-5)48-31-22-18-38-44(28-11-6-7-16-47-28)24(22)17-23(37)29(31)36;1-33-13-20(35-2)21(14-33)37-26-30-23-15(25(31-26)34-9-4-3-5-10-34)7-6-8-19(23)36-24-16-12-29-32-18(16)11-17(28)22(24)27;3-2(4,5)1-6/h8-10,17-18,26-28H,6-7,11-16,19-20H2,1-5H3;6-8,11-12,20-21H,3-5,9-10,13-14H2,1-2H3,(H,29,32);1H/t26-,27-,28?;20-,21-;/m11./s1. The number of methoxy groups -OCH3 is 2. The number of aromatic amines is 1. The highest BCUT2D eigenvalue weighted by Gasteiger charge is 2.37. The van der Waals surface area contributed by atoms with E-state index in [4.69, 9.17) is 85.8 Å². The first-order valence-electron chi connectivity index (χ1n) is 30.6. The Kier molecular flexibility index (Phi) is 20.4. The summed E-state index contributed by atoms with van der Waals surface area (Å²) in [5, 5.41) is 13.7. The lowest BCUT2D eigenvalue weighted by molar-refractivity contribution is -0.156. The van der Waals surface area contributed by atoms with Crippen LogP contribution < -0.4 is 28.7 Å². The number of fused-ring (bicyclic) bond motifs is 4. The smallest absolute Gasteiger partial charge is 0.446 e. The third-order valence-corrected chi connectivity index (χ3v) is 17.1. The van der Waals surface area contributed by atoms with Crippen molar-refractivity contribution in [3.63, 3.8) is 0 Å². The van der Waals surface area contributed by atoms with E-state index in [1.54, 1.807) is 48.3 Å². The molecule has 8 aromatic rings. The quantitative estimate of drug-likeness (QED) is 0.0837. The number of H-pyrrole nitrogens is 1. The van der Waals surface area contributed by atoms with Crippen molar-refractivity contribution in [3.8, 4) is 35.0 Å². The molecule has 5 saturated heterocycles. The summed E-state index contributed by atoms with van der Waals surface area (Å²) in [6.45, 7) is 12.7. The first-order valence-corrected chi connectivity index (χ1v) is 31.3. The van der Waals surface area contributed by atoms with Gasteiger partial charge >= 0.3 is 24.3 Å². The number of piperazine rings is 1. The molecule has 5 atom stereocenters. The summed E-state index contributed by atoms with van der Waals surface area (Å²) in [6, 6.07) is 14.2. The number of piperidine rings is 1. The Hall–Kier alpha value is -7.73. The van der Waals surface area contributed by atoms with Crippen LogP contribution in [0.4, 0.5) is 38.4 Å². The number of benzene rings is 4. The van der Waals surface area contributed by atoms with Crippen molar-refractivity contribution >= 4 is 90.8 Å². The zero-order valence-electron chi connectivity index (χ0n) is 52.4. The Morgan fingerprint density at radius 2 is 1.19 bits per heavy atom. The minimum absolute atomic E-state index is 0.0882. The van der Waals surface area contributed by atoms with E-state index in [9.17, 15) is 22.4 Å². The lowest BCUT2D eigenvalue weighted by atomic mass is 10.1. The Bertz CT molecular complexity index is 3970. The average molecular weight is 1340 g/mol. The number of amides is 1. The van der Waals surface area contributed by atoms with E-state index in [1.165, 1.54) is 18.6 Å².